The van der Waals surface area contributed by atoms with Crippen molar-refractivity contribution in [1.82, 2.24) is 15.2 Å². The van der Waals surface area contributed by atoms with Gasteiger partial charge in [-0.25, -0.2) is 4.99 Å². The van der Waals surface area contributed by atoms with Gasteiger partial charge >= 0.3 is 0 Å². The molecule has 1 aromatic carbocycles. The molecule has 3 aromatic rings. The monoisotopic (exact) mass is 264 g/mol. The van der Waals surface area contributed by atoms with E-state index in [1.165, 1.54) is 0 Å². The van der Waals surface area contributed by atoms with E-state index in [9.17, 15) is 5.11 Å². The normalized spacial score (nSPS) is 10.7. The van der Waals surface area contributed by atoms with E-state index in [0.29, 0.717) is 17.1 Å². The summed E-state index contributed by atoms with van der Waals surface area (Å²) in [5.41, 5.74) is 2.22. The van der Waals surface area contributed by atoms with E-state index >= 15 is 0 Å². The lowest BCUT2D eigenvalue weighted by Crippen LogP contribution is -1.92. The first-order valence-electron chi connectivity index (χ1n) is 6.08. The van der Waals surface area contributed by atoms with Crippen molar-refractivity contribution >= 4 is 23.3 Å². The summed E-state index contributed by atoms with van der Waals surface area (Å²) in [4.78, 5) is 7.92. The second kappa shape index (κ2) is 4.70. The summed E-state index contributed by atoms with van der Waals surface area (Å²) in [5.74, 6) is 0.611. The molecule has 0 radical (unpaired) electrons. The van der Waals surface area contributed by atoms with Gasteiger partial charge < -0.3 is 5.11 Å². The average Bonchev–Trinajstić information content (AvgIpc) is 2.47. The third-order valence-electron chi connectivity index (χ3n) is 3.12. The highest BCUT2D eigenvalue weighted by atomic mass is 16.3. The fourth-order valence-corrected chi connectivity index (χ4v) is 2.14. The Morgan fingerprint density at radius 2 is 2.00 bits per heavy atom. The molecule has 0 saturated carbocycles. The second-order valence-electron chi connectivity index (χ2n) is 4.47. The van der Waals surface area contributed by atoms with Crippen LogP contribution in [0.4, 0.5) is 5.82 Å². The minimum atomic E-state index is 0.178. The molecule has 0 amide bonds. The quantitative estimate of drug-likeness (QED) is 0.722. The SMILES string of the molecule is C=Nc1nnc(-c2ccc(C)cc2O)c2ccncc12. The molecule has 3 rings (SSSR count). The predicted molar refractivity (Wildman–Crippen MR) is 78.4 cm³/mol. The van der Waals surface area contributed by atoms with Crippen molar-refractivity contribution in [3.8, 4) is 17.0 Å². The van der Waals surface area contributed by atoms with Crippen LogP contribution in [-0.2, 0) is 0 Å². The molecular formula is C15H12N4O. The lowest BCUT2D eigenvalue weighted by Gasteiger charge is -2.08. The van der Waals surface area contributed by atoms with Crippen LogP contribution in [0.5, 0.6) is 5.75 Å². The van der Waals surface area contributed by atoms with Gasteiger partial charge in [0.05, 0.1) is 0 Å². The van der Waals surface area contributed by atoms with Gasteiger partial charge in [0.1, 0.15) is 11.4 Å². The number of hydrogen-bond donors (Lipinski definition) is 1. The van der Waals surface area contributed by atoms with Gasteiger partial charge in [0.2, 0.25) is 0 Å². The zero-order valence-corrected chi connectivity index (χ0v) is 10.9. The van der Waals surface area contributed by atoms with Gasteiger partial charge in [0, 0.05) is 28.7 Å². The third kappa shape index (κ3) is 1.89. The summed E-state index contributed by atoms with van der Waals surface area (Å²) in [7, 11) is 0. The lowest BCUT2D eigenvalue weighted by atomic mass is 10.0. The van der Waals surface area contributed by atoms with Crippen molar-refractivity contribution < 1.29 is 5.11 Å². The first-order chi connectivity index (χ1) is 9.70. The summed E-state index contributed by atoms with van der Waals surface area (Å²) in [6.45, 7) is 5.40. The molecule has 2 aromatic heterocycles. The number of hydrogen-bond acceptors (Lipinski definition) is 5. The summed E-state index contributed by atoms with van der Waals surface area (Å²) in [6.07, 6.45) is 3.34. The van der Waals surface area contributed by atoms with E-state index in [1.54, 1.807) is 18.5 Å². The van der Waals surface area contributed by atoms with Crippen LogP contribution in [-0.4, -0.2) is 27.0 Å². The maximum atomic E-state index is 10.1. The van der Waals surface area contributed by atoms with E-state index in [4.69, 9.17) is 0 Å². The molecule has 2 heterocycles. The van der Waals surface area contributed by atoms with Gasteiger partial charge in [-0.15, -0.1) is 10.2 Å². The highest BCUT2D eigenvalue weighted by Crippen LogP contribution is 2.34. The van der Waals surface area contributed by atoms with Crippen LogP contribution in [0.15, 0.2) is 41.7 Å². The van der Waals surface area contributed by atoms with Gasteiger partial charge in [-0.2, -0.15) is 0 Å². The molecule has 0 aliphatic heterocycles. The van der Waals surface area contributed by atoms with Crippen molar-refractivity contribution in [1.29, 1.82) is 0 Å². The van der Waals surface area contributed by atoms with Crippen molar-refractivity contribution in [2.45, 2.75) is 6.92 Å². The molecule has 1 N–H and O–H groups in total. The highest BCUT2D eigenvalue weighted by molar-refractivity contribution is 5.99. The molecule has 5 nitrogen and oxygen atoms in total. The Labute approximate surface area is 115 Å². The third-order valence-corrected chi connectivity index (χ3v) is 3.12. The Hall–Kier alpha value is -2.82. The second-order valence-corrected chi connectivity index (χ2v) is 4.47. The number of pyridine rings is 1. The van der Waals surface area contributed by atoms with Crippen LogP contribution < -0.4 is 0 Å². The first-order valence-corrected chi connectivity index (χ1v) is 6.08. The highest BCUT2D eigenvalue weighted by Gasteiger charge is 2.13. The zero-order valence-electron chi connectivity index (χ0n) is 10.9. The van der Waals surface area contributed by atoms with Crippen LogP contribution in [0.2, 0.25) is 0 Å². The molecule has 5 heteroatoms. The summed E-state index contributed by atoms with van der Waals surface area (Å²) in [5, 5.41) is 19.9. The molecular weight excluding hydrogens is 252 g/mol. The van der Waals surface area contributed by atoms with Crippen molar-refractivity contribution in [3.63, 3.8) is 0 Å². The number of aromatic nitrogens is 3. The molecule has 98 valence electrons. The Morgan fingerprint density at radius 3 is 2.75 bits per heavy atom. The number of aryl methyl sites for hydroxylation is 1. The Bertz CT molecular complexity index is 814. The van der Waals surface area contributed by atoms with Crippen LogP contribution >= 0.6 is 0 Å². The first kappa shape index (κ1) is 12.2. The van der Waals surface area contributed by atoms with Gasteiger partial charge in [0.15, 0.2) is 5.82 Å². The molecule has 0 unspecified atom stereocenters. The van der Waals surface area contributed by atoms with Crippen molar-refractivity contribution in [3.05, 3.63) is 42.2 Å². The van der Waals surface area contributed by atoms with Gasteiger partial charge in [-0.05, 0) is 37.4 Å². The maximum Gasteiger partial charge on any atom is 0.183 e. The van der Waals surface area contributed by atoms with Crippen LogP contribution in [0, 0.1) is 6.92 Å². The van der Waals surface area contributed by atoms with Crippen LogP contribution in [0.3, 0.4) is 0 Å². The van der Waals surface area contributed by atoms with E-state index in [1.807, 2.05) is 25.1 Å². The molecule has 0 aliphatic rings. The Morgan fingerprint density at radius 1 is 1.15 bits per heavy atom. The smallest absolute Gasteiger partial charge is 0.183 e. The molecule has 20 heavy (non-hydrogen) atoms. The number of fused-ring (bicyclic) bond motifs is 1. The van der Waals surface area contributed by atoms with Gasteiger partial charge in [-0.1, -0.05) is 6.07 Å². The largest absolute Gasteiger partial charge is 0.507 e. The number of phenols is 1. The molecule has 0 atom stereocenters. The van der Waals surface area contributed by atoms with Gasteiger partial charge in [0.25, 0.3) is 0 Å². The van der Waals surface area contributed by atoms with Crippen molar-refractivity contribution in [2.24, 2.45) is 4.99 Å². The number of benzene rings is 1. The fourth-order valence-electron chi connectivity index (χ4n) is 2.14. The summed E-state index contributed by atoms with van der Waals surface area (Å²) < 4.78 is 0. The number of aromatic hydroxyl groups is 1. The Balaban J connectivity index is 2.35. The molecule has 0 bridgehead atoms. The van der Waals surface area contributed by atoms with E-state index in [2.05, 4.69) is 26.9 Å². The molecule has 0 aliphatic carbocycles. The standard InChI is InChI=1S/C15H12N4O/c1-9-3-4-11(13(20)7-9)14-10-5-6-17-8-12(10)15(16-2)19-18-14/h3-8,20H,2H2,1H3. The van der Waals surface area contributed by atoms with E-state index in [0.717, 1.165) is 16.3 Å². The number of aliphatic imine (C=N–C) groups is 1. The summed E-state index contributed by atoms with van der Waals surface area (Å²) >= 11 is 0. The average molecular weight is 264 g/mol. The fraction of sp³-hybridized carbons (Fsp3) is 0.0667. The number of phenolic OH excluding ortho intramolecular Hbond substituents is 1. The van der Waals surface area contributed by atoms with Crippen molar-refractivity contribution in [2.75, 3.05) is 0 Å². The number of rotatable bonds is 2. The topological polar surface area (TPSA) is 71.3 Å². The maximum absolute atomic E-state index is 10.1. The summed E-state index contributed by atoms with van der Waals surface area (Å²) in [6, 6.07) is 7.27. The van der Waals surface area contributed by atoms with Crippen LogP contribution in [0.25, 0.3) is 22.0 Å². The minimum absolute atomic E-state index is 0.178. The molecule has 0 spiro atoms. The van der Waals surface area contributed by atoms with Crippen LogP contribution in [0.1, 0.15) is 5.56 Å². The van der Waals surface area contributed by atoms with Gasteiger partial charge in [-0.3, -0.25) is 4.98 Å². The van der Waals surface area contributed by atoms with E-state index < -0.39 is 0 Å². The van der Waals surface area contributed by atoms with E-state index in [-0.39, 0.29) is 5.75 Å². The predicted octanol–water partition coefficient (Wildman–Crippen LogP) is 3.04. The number of nitrogens with zero attached hydrogens (tertiary/aromatic N) is 4. The Kier molecular flexibility index (Phi) is 2.87. The molecule has 0 fully saturated rings. The molecule has 0 saturated heterocycles. The minimum Gasteiger partial charge on any atom is -0.507 e. The zero-order chi connectivity index (χ0) is 14.1. The lowest BCUT2D eigenvalue weighted by molar-refractivity contribution is 0.476.